The molecule has 0 radical (unpaired) electrons. The molecule has 0 spiro atoms. The van der Waals surface area contributed by atoms with Crippen LogP contribution in [0.1, 0.15) is 33.6 Å². The average molecular weight is 363 g/mol. The molecule has 7 heteroatoms. The highest BCUT2D eigenvalue weighted by Crippen LogP contribution is 2.21. The number of thiophene rings is 1. The van der Waals surface area contributed by atoms with Gasteiger partial charge in [-0.3, -0.25) is 18.7 Å². The van der Waals surface area contributed by atoms with Crippen molar-refractivity contribution >= 4 is 27.5 Å². The molecule has 25 heavy (non-hydrogen) atoms. The maximum atomic E-state index is 12.8. The number of rotatable bonds is 4. The van der Waals surface area contributed by atoms with E-state index in [0.29, 0.717) is 35.0 Å². The zero-order valence-electron chi connectivity index (χ0n) is 15.0. The molecule has 1 aliphatic rings. The van der Waals surface area contributed by atoms with Crippen LogP contribution in [0.25, 0.3) is 10.2 Å². The number of fused-ring (bicyclic) bond motifs is 1. The van der Waals surface area contributed by atoms with Crippen LogP contribution in [-0.4, -0.2) is 33.0 Å². The number of carbonyl (C=O) groups is 1. The number of carbonyl (C=O) groups excluding carboxylic acids is 1. The van der Waals surface area contributed by atoms with Crippen molar-refractivity contribution in [1.29, 1.82) is 0 Å². The van der Waals surface area contributed by atoms with Crippen LogP contribution >= 0.6 is 11.3 Å². The number of amides is 1. The van der Waals surface area contributed by atoms with Crippen LogP contribution in [0.5, 0.6) is 0 Å². The largest absolute Gasteiger partial charge is 0.341 e. The van der Waals surface area contributed by atoms with Gasteiger partial charge in [-0.1, -0.05) is 20.8 Å². The Bertz CT molecular complexity index is 885. The van der Waals surface area contributed by atoms with Crippen molar-refractivity contribution in [3.05, 3.63) is 32.3 Å². The number of hydrogen-bond donors (Lipinski definition) is 0. The smallest absolute Gasteiger partial charge is 0.332 e. The zero-order valence-corrected chi connectivity index (χ0v) is 15.8. The molecule has 0 aliphatic carbocycles. The first-order valence-corrected chi connectivity index (χ1v) is 9.79. The number of aromatic nitrogens is 2. The third-order valence-electron chi connectivity index (χ3n) is 4.80. The van der Waals surface area contributed by atoms with Crippen molar-refractivity contribution in [3.8, 4) is 0 Å². The van der Waals surface area contributed by atoms with Gasteiger partial charge in [0.15, 0.2) is 0 Å². The molecule has 2 atom stereocenters. The number of likely N-dealkylation sites (tertiary alicyclic amines) is 1. The van der Waals surface area contributed by atoms with E-state index >= 15 is 0 Å². The molecular formula is C18H25N3O3S. The van der Waals surface area contributed by atoms with Crippen molar-refractivity contribution in [2.24, 2.45) is 11.8 Å². The van der Waals surface area contributed by atoms with Gasteiger partial charge in [0.1, 0.15) is 11.2 Å². The minimum Gasteiger partial charge on any atom is -0.341 e. The highest BCUT2D eigenvalue weighted by atomic mass is 32.1. The van der Waals surface area contributed by atoms with E-state index in [1.54, 1.807) is 11.4 Å². The molecule has 1 amide bonds. The monoisotopic (exact) mass is 363 g/mol. The Balaban J connectivity index is 1.98. The predicted molar refractivity (Wildman–Crippen MR) is 100 cm³/mol. The van der Waals surface area contributed by atoms with Gasteiger partial charge in [0.25, 0.3) is 5.56 Å². The molecule has 6 nitrogen and oxygen atoms in total. The lowest BCUT2D eigenvalue weighted by atomic mass is 9.92. The number of piperidine rings is 1. The average Bonchev–Trinajstić information content (AvgIpc) is 3.04. The fourth-order valence-electron chi connectivity index (χ4n) is 3.81. The topological polar surface area (TPSA) is 64.3 Å². The van der Waals surface area contributed by atoms with Gasteiger partial charge in [-0.2, -0.15) is 0 Å². The van der Waals surface area contributed by atoms with Gasteiger partial charge in [-0.05, 0) is 36.1 Å². The zero-order chi connectivity index (χ0) is 18.1. The van der Waals surface area contributed by atoms with Gasteiger partial charge in [-0.25, -0.2) is 4.79 Å². The normalized spacial score (nSPS) is 21.0. The Labute approximate surface area is 150 Å². The molecule has 2 unspecified atom stereocenters. The summed E-state index contributed by atoms with van der Waals surface area (Å²) in [6.45, 7) is 8.07. The lowest BCUT2D eigenvalue weighted by molar-refractivity contribution is -0.134. The van der Waals surface area contributed by atoms with Crippen LogP contribution in [0.15, 0.2) is 21.0 Å². The first kappa shape index (κ1) is 17.9. The highest BCUT2D eigenvalue weighted by molar-refractivity contribution is 7.17. The van der Waals surface area contributed by atoms with Crippen molar-refractivity contribution in [2.75, 3.05) is 13.1 Å². The minimum atomic E-state index is -0.385. The van der Waals surface area contributed by atoms with E-state index in [9.17, 15) is 14.4 Å². The number of nitrogens with zero attached hydrogens (tertiary/aromatic N) is 3. The Hall–Kier alpha value is -1.89. The standard InChI is InChI=1S/C18H25N3O3S/c1-4-6-20-17(23)16-14(5-7-25-16)21(18(20)24)11-15(22)19-9-12(2)8-13(3)10-19/h5,7,12-13H,4,6,8-11H2,1-3H3. The third-order valence-corrected chi connectivity index (χ3v) is 5.69. The van der Waals surface area contributed by atoms with Crippen LogP contribution < -0.4 is 11.2 Å². The summed E-state index contributed by atoms with van der Waals surface area (Å²) >= 11 is 1.32. The molecule has 3 rings (SSSR count). The molecule has 2 aromatic heterocycles. The molecule has 2 aromatic rings. The van der Waals surface area contributed by atoms with Gasteiger partial charge >= 0.3 is 5.69 Å². The Morgan fingerprint density at radius 2 is 1.88 bits per heavy atom. The quantitative estimate of drug-likeness (QED) is 0.836. The van der Waals surface area contributed by atoms with E-state index in [-0.39, 0.29) is 23.7 Å². The fraction of sp³-hybridized carbons (Fsp3) is 0.611. The number of hydrogen-bond acceptors (Lipinski definition) is 4. The lowest BCUT2D eigenvalue weighted by Crippen LogP contribution is -2.46. The van der Waals surface area contributed by atoms with E-state index < -0.39 is 0 Å². The van der Waals surface area contributed by atoms with E-state index in [2.05, 4.69) is 13.8 Å². The summed E-state index contributed by atoms with van der Waals surface area (Å²) in [7, 11) is 0. The summed E-state index contributed by atoms with van der Waals surface area (Å²) in [5.74, 6) is 0.897. The molecule has 1 aliphatic heterocycles. The first-order valence-electron chi connectivity index (χ1n) is 8.91. The van der Waals surface area contributed by atoms with Crippen LogP contribution in [0.2, 0.25) is 0 Å². The summed E-state index contributed by atoms with van der Waals surface area (Å²) in [4.78, 5) is 40.0. The van der Waals surface area contributed by atoms with Gasteiger partial charge in [0.05, 0.1) is 5.52 Å². The summed E-state index contributed by atoms with van der Waals surface area (Å²) < 4.78 is 3.27. The van der Waals surface area contributed by atoms with Gasteiger partial charge in [0.2, 0.25) is 5.91 Å². The third kappa shape index (κ3) is 3.42. The summed E-state index contributed by atoms with van der Waals surface area (Å²) in [6.07, 6.45) is 1.82. The maximum Gasteiger partial charge on any atom is 0.332 e. The molecule has 0 bridgehead atoms. The van der Waals surface area contributed by atoms with E-state index in [0.717, 1.165) is 19.5 Å². The fourth-order valence-corrected chi connectivity index (χ4v) is 4.65. The molecule has 0 saturated carbocycles. The molecular weight excluding hydrogens is 338 g/mol. The molecule has 1 fully saturated rings. The molecule has 3 heterocycles. The molecule has 0 N–H and O–H groups in total. The van der Waals surface area contributed by atoms with Gasteiger partial charge in [-0.15, -0.1) is 11.3 Å². The second kappa shape index (κ2) is 7.15. The predicted octanol–water partition coefficient (Wildman–Crippen LogP) is 2.14. The Kier molecular flexibility index (Phi) is 5.13. The van der Waals surface area contributed by atoms with Gasteiger partial charge < -0.3 is 4.90 Å². The van der Waals surface area contributed by atoms with Crippen molar-refractivity contribution in [3.63, 3.8) is 0 Å². The highest BCUT2D eigenvalue weighted by Gasteiger charge is 2.26. The van der Waals surface area contributed by atoms with Crippen LogP contribution in [0, 0.1) is 11.8 Å². The Morgan fingerprint density at radius 3 is 2.52 bits per heavy atom. The Morgan fingerprint density at radius 1 is 1.20 bits per heavy atom. The van der Waals surface area contributed by atoms with E-state index in [1.807, 2.05) is 11.8 Å². The van der Waals surface area contributed by atoms with Crippen LogP contribution in [0.4, 0.5) is 0 Å². The minimum absolute atomic E-state index is 0.00446. The molecule has 0 aromatic carbocycles. The van der Waals surface area contributed by atoms with E-state index in [4.69, 9.17) is 0 Å². The maximum absolute atomic E-state index is 12.8. The molecule has 136 valence electrons. The summed E-state index contributed by atoms with van der Waals surface area (Å²) in [5, 5.41) is 1.80. The SMILES string of the molecule is CCCn1c(=O)c2sccc2n(CC(=O)N2CC(C)CC(C)C2)c1=O. The van der Waals surface area contributed by atoms with Crippen LogP contribution in [-0.2, 0) is 17.9 Å². The van der Waals surface area contributed by atoms with E-state index in [1.165, 1.54) is 20.5 Å². The summed E-state index contributed by atoms with van der Waals surface area (Å²) in [5.41, 5.74) is -0.0659. The van der Waals surface area contributed by atoms with Gasteiger partial charge in [0, 0.05) is 19.6 Å². The second-order valence-corrected chi connectivity index (χ2v) is 8.12. The van der Waals surface area contributed by atoms with Crippen LogP contribution in [0.3, 0.4) is 0 Å². The van der Waals surface area contributed by atoms with Crippen molar-refractivity contribution in [2.45, 2.75) is 46.7 Å². The lowest BCUT2D eigenvalue weighted by Gasteiger charge is -2.35. The second-order valence-electron chi connectivity index (χ2n) is 7.21. The first-order chi connectivity index (χ1) is 11.9. The van der Waals surface area contributed by atoms with Crippen molar-refractivity contribution in [1.82, 2.24) is 14.0 Å². The molecule has 1 saturated heterocycles. The van der Waals surface area contributed by atoms with Crippen molar-refractivity contribution < 1.29 is 4.79 Å². The summed E-state index contributed by atoms with van der Waals surface area (Å²) in [6, 6.07) is 1.76.